The van der Waals surface area contributed by atoms with Gasteiger partial charge in [0.1, 0.15) is 5.75 Å². The molecule has 132 valence electrons. The molecule has 0 spiro atoms. The van der Waals surface area contributed by atoms with Crippen molar-refractivity contribution in [1.29, 1.82) is 0 Å². The molecule has 1 N–H and O–H groups in total. The van der Waals surface area contributed by atoms with Gasteiger partial charge < -0.3 is 10.1 Å². The number of carbonyl (C=O) groups is 1. The third-order valence-electron chi connectivity index (χ3n) is 3.91. The minimum atomic E-state index is -0.474. The Hall–Kier alpha value is -2.89. The van der Waals surface area contributed by atoms with Gasteiger partial charge in [0.15, 0.2) is 0 Å². The number of hydrogen-bond acceptors (Lipinski definition) is 4. The number of hydrogen-bond donors (Lipinski definition) is 1. The second-order valence-corrected chi connectivity index (χ2v) is 5.64. The van der Waals surface area contributed by atoms with Crippen molar-refractivity contribution in [2.24, 2.45) is 0 Å². The second kappa shape index (κ2) is 8.82. The summed E-state index contributed by atoms with van der Waals surface area (Å²) in [6.07, 6.45) is 1.62. The maximum atomic E-state index is 12.2. The fourth-order valence-corrected chi connectivity index (χ4v) is 2.58. The Bertz CT molecular complexity index is 742. The average Bonchev–Trinajstić information content (AvgIpc) is 2.60. The molecule has 0 aromatic heterocycles. The van der Waals surface area contributed by atoms with E-state index in [4.69, 9.17) is 4.74 Å². The number of carbonyl (C=O) groups excluding carboxylic acids is 1. The van der Waals surface area contributed by atoms with Crippen LogP contribution in [0.15, 0.2) is 42.5 Å². The van der Waals surface area contributed by atoms with Crippen LogP contribution in [0, 0.1) is 17.0 Å². The van der Waals surface area contributed by atoms with Crippen LogP contribution in [-0.4, -0.2) is 24.0 Å². The summed E-state index contributed by atoms with van der Waals surface area (Å²) in [5, 5.41) is 13.8. The molecule has 0 aliphatic carbocycles. The van der Waals surface area contributed by atoms with Crippen molar-refractivity contribution in [3.63, 3.8) is 0 Å². The first-order valence-corrected chi connectivity index (χ1v) is 8.27. The molecule has 0 bridgehead atoms. The van der Waals surface area contributed by atoms with Gasteiger partial charge in [-0.2, -0.15) is 0 Å². The first-order chi connectivity index (χ1) is 12.0. The molecule has 0 radical (unpaired) electrons. The van der Waals surface area contributed by atoms with Crippen LogP contribution in [0.4, 0.5) is 5.69 Å². The van der Waals surface area contributed by atoms with E-state index in [9.17, 15) is 14.9 Å². The molecule has 0 heterocycles. The zero-order chi connectivity index (χ0) is 18.2. The lowest BCUT2D eigenvalue weighted by atomic mass is 10.1. The fourth-order valence-electron chi connectivity index (χ4n) is 2.58. The Balaban J connectivity index is 1.84. The Kier molecular flexibility index (Phi) is 6.51. The minimum absolute atomic E-state index is 0.0398. The van der Waals surface area contributed by atoms with E-state index in [0.29, 0.717) is 24.3 Å². The molecule has 0 aliphatic rings. The summed E-state index contributed by atoms with van der Waals surface area (Å²) in [7, 11) is 0. The number of benzene rings is 2. The van der Waals surface area contributed by atoms with Crippen LogP contribution in [0.3, 0.4) is 0 Å². The molecule has 0 unspecified atom stereocenters. The number of nitrogens with zero attached hydrogens (tertiary/aromatic N) is 1. The molecule has 2 rings (SSSR count). The zero-order valence-electron chi connectivity index (χ0n) is 14.5. The summed E-state index contributed by atoms with van der Waals surface area (Å²) in [5.41, 5.74) is 1.86. The van der Waals surface area contributed by atoms with Crippen LogP contribution in [0.5, 0.6) is 5.75 Å². The normalized spacial score (nSPS) is 10.3. The van der Waals surface area contributed by atoms with E-state index < -0.39 is 4.92 Å². The van der Waals surface area contributed by atoms with Crippen molar-refractivity contribution in [3.8, 4) is 5.75 Å². The highest BCUT2D eigenvalue weighted by Gasteiger charge is 2.17. The fraction of sp³-hybridized carbons (Fsp3) is 0.316. The van der Waals surface area contributed by atoms with Crippen LogP contribution in [0.2, 0.25) is 0 Å². The first-order valence-electron chi connectivity index (χ1n) is 8.27. The van der Waals surface area contributed by atoms with Gasteiger partial charge in [0.2, 0.25) is 0 Å². The number of aryl methyl sites for hydroxylation is 1. The number of nitrogens with one attached hydrogen (secondary N) is 1. The van der Waals surface area contributed by atoms with E-state index in [1.165, 1.54) is 17.7 Å². The predicted octanol–water partition coefficient (Wildman–Crippen LogP) is 3.66. The molecule has 2 aromatic carbocycles. The summed E-state index contributed by atoms with van der Waals surface area (Å²) in [5.74, 6) is 0.564. The quantitative estimate of drug-likeness (QED) is 0.451. The van der Waals surface area contributed by atoms with Crippen molar-refractivity contribution in [1.82, 2.24) is 5.32 Å². The number of ether oxygens (including phenoxy) is 1. The van der Waals surface area contributed by atoms with E-state index in [1.807, 2.05) is 31.2 Å². The smallest absolute Gasteiger partial charge is 0.273 e. The van der Waals surface area contributed by atoms with Crippen LogP contribution in [0.25, 0.3) is 0 Å². The lowest BCUT2D eigenvalue weighted by Crippen LogP contribution is -2.25. The largest absolute Gasteiger partial charge is 0.494 e. The van der Waals surface area contributed by atoms with Gasteiger partial charge in [-0.3, -0.25) is 14.9 Å². The van der Waals surface area contributed by atoms with Gasteiger partial charge in [-0.05, 0) is 50.5 Å². The molecule has 25 heavy (non-hydrogen) atoms. The lowest BCUT2D eigenvalue weighted by molar-refractivity contribution is -0.385. The van der Waals surface area contributed by atoms with Gasteiger partial charge in [-0.25, -0.2) is 0 Å². The van der Waals surface area contributed by atoms with Crippen molar-refractivity contribution < 1.29 is 14.5 Å². The molecule has 0 atom stereocenters. The van der Waals surface area contributed by atoms with Gasteiger partial charge in [0, 0.05) is 23.7 Å². The molecule has 2 aromatic rings. The van der Waals surface area contributed by atoms with Gasteiger partial charge >= 0.3 is 0 Å². The maximum absolute atomic E-state index is 12.2. The third-order valence-corrected chi connectivity index (χ3v) is 3.91. The zero-order valence-corrected chi connectivity index (χ0v) is 14.5. The molecular weight excluding hydrogens is 320 g/mol. The molecule has 0 saturated heterocycles. The van der Waals surface area contributed by atoms with Crippen LogP contribution in [-0.2, 0) is 6.42 Å². The topological polar surface area (TPSA) is 81.5 Å². The molecule has 1 amide bonds. The number of rotatable bonds is 8. The van der Waals surface area contributed by atoms with Crippen LogP contribution < -0.4 is 10.1 Å². The van der Waals surface area contributed by atoms with Crippen LogP contribution in [0.1, 0.15) is 34.8 Å². The van der Waals surface area contributed by atoms with Gasteiger partial charge in [-0.1, -0.05) is 18.2 Å². The van der Waals surface area contributed by atoms with E-state index in [0.717, 1.165) is 18.6 Å². The highest BCUT2D eigenvalue weighted by Crippen LogP contribution is 2.21. The Morgan fingerprint density at radius 2 is 1.92 bits per heavy atom. The average molecular weight is 342 g/mol. The molecule has 0 fully saturated rings. The predicted molar refractivity (Wildman–Crippen MR) is 96.1 cm³/mol. The summed E-state index contributed by atoms with van der Waals surface area (Å²) in [6, 6.07) is 12.4. The van der Waals surface area contributed by atoms with Crippen molar-refractivity contribution in [2.75, 3.05) is 13.2 Å². The van der Waals surface area contributed by atoms with Crippen molar-refractivity contribution >= 4 is 11.6 Å². The summed E-state index contributed by atoms with van der Waals surface area (Å²) in [4.78, 5) is 22.7. The SMILES string of the molecule is CCOc1ccc(CCCNC(=O)c2cccc([N+](=O)[O-])c2C)cc1. The van der Waals surface area contributed by atoms with E-state index >= 15 is 0 Å². The first kappa shape index (κ1) is 18.4. The van der Waals surface area contributed by atoms with Gasteiger partial charge in [0.05, 0.1) is 11.5 Å². The third kappa shape index (κ3) is 5.04. The lowest BCUT2D eigenvalue weighted by Gasteiger charge is -2.08. The van der Waals surface area contributed by atoms with Crippen LogP contribution >= 0.6 is 0 Å². The van der Waals surface area contributed by atoms with E-state index in [2.05, 4.69) is 5.32 Å². The number of nitro benzene ring substituents is 1. The molecule has 0 aliphatic heterocycles. The Morgan fingerprint density at radius 3 is 2.56 bits per heavy atom. The van der Waals surface area contributed by atoms with Gasteiger partial charge in [0.25, 0.3) is 11.6 Å². The highest BCUT2D eigenvalue weighted by molar-refractivity contribution is 5.96. The second-order valence-electron chi connectivity index (χ2n) is 5.64. The summed E-state index contributed by atoms with van der Waals surface area (Å²) in [6.45, 7) is 4.68. The highest BCUT2D eigenvalue weighted by atomic mass is 16.6. The Morgan fingerprint density at radius 1 is 1.20 bits per heavy atom. The molecule has 6 nitrogen and oxygen atoms in total. The summed E-state index contributed by atoms with van der Waals surface area (Å²) >= 11 is 0. The minimum Gasteiger partial charge on any atom is -0.494 e. The number of nitro groups is 1. The molecule has 0 saturated carbocycles. The van der Waals surface area contributed by atoms with E-state index in [1.54, 1.807) is 13.0 Å². The van der Waals surface area contributed by atoms with Gasteiger partial charge in [-0.15, -0.1) is 0 Å². The number of amides is 1. The summed E-state index contributed by atoms with van der Waals surface area (Å²) < 4.78 is 5.40. The monoisotopic (exact) mass is 342 g/mol. The maximum Gasteiger partial charge on any atom is 0.273 e. The Labute approximate surface area is 147 Å². The van der Waals surface area contributed by atoms with Crippen molar-refractivity contribution in [2.45, 2.75) is 26.7 Å². The molecular formula is C19H22N2O4. The van der Waals surface area contributed by atoms with E-state index in [-0.39, 0.29) is 11.6 Å². The van der Waals surface area contributed by atoms with Crippen molar-refractivity contribution in [3.05, 3.63) is 69.3 Å². The standard InChI is InChI=1S/C19H22N2O4/c1-3-25-16-11-9-15(10-12-16)6-5-13-20-19(22)17-7-4-8-18(14(17)2)21(23)24/h4,7-12H,3,5-6,13H2,1-2H3,(H,20,22). The molecule has 6 heteroatoms.